The Hall–Kier alpha value is -1.69. The Morgan fingerprint density at radius 2 is 2.22 bits per heavy atom. The summed E-state index contributed by atoms with van der Waals surface area (Å²) in [7, 11) is 0. The Morgan fingerprint density at radius 3 is 2.94 bits per heavy atom. The molecule has 0 atom stereocenters. The van der Waals surface area contributed by atoms with E-state index in [2.05, 4.69) is 23.1 Å². The average Bonchev–Trinajstić information content (AvgIpc) is 3.09. The lowest BCUT2D eigenvalue weighted by Gasteiger charge is -2.34. The van der Waals surface area contributed by atoms with Gasteiger partial charge in [0.05, 0.1) is 6.07 Å². The minimum absolute atomic E-state index is 0.282. The first kappa shape index (κ1) is 11.4. The summed E-state index contributed by atoms with van der Waals surface area (Å²) in [5.41, 5.74) is 9.69. The van der Waals surface area contributed by atoms with Gasteiger partial charge in [0.15, 0.2) is 0 Å². The smallest absolute Gasteiger partial charge is 0.0628 e. The normalized spacial score (nSPS) is 20.1. The number of benzene rings is 1. The van der Waals surface area contributed by atoms with Crippen LogP contribution in [0.2, 0.25) is 0 Å². The molecule has 0 spiro atoms. The van der Waals surface area contributed by atoms with Crippen LogP contribution in [-0.2, 0) is 6.42 Å². The molecular weight excluding hydrogens is 222 g/mol. The second-order valence-corrected chi connectivity index (χ2v) is 5.75. The van der Waals surface area contributed by atoms with E-state index in [-0.39, 0.29) is 5.41 Å². The van der Waals surface area contributed by atoms with Gasteiger partial charge in [-0.1, -0.05) is 0 Å². The molecule has 0 unspecified atom stereocenters. The number of hydrogen-bond acceptors (Lipinski definition) is 3. The fraction of sp³-hybridized carbons (Fsp3) is 0.533. The van der Waals surface area contributed by atoms with Gasteiger partial charge in [-0.3, -0.25) is 0 Å². The first-order chi connectivity index (χ1) is 8.72. The molecule has 0 amide bonds. The predicted octanol–water partition coefficient (Wildman–Crippen LogP) is 2.72. The van der Waals surface area contributed by atoms with Crippen molar-refractivity contribution in [2.45, 2.75) is 32.1 Å². The van der Waals surface area contributed by atoms with E-state index in [1.165, 1.54) is 30.5 Å². The number of hydrogen-bond donors (Lipinski definition) is 1. The first-order valence-corrected chi connectivity index (χ1v) is 6.73. The Labute approximate surface area is 108 Å². The van der Waals surface area contributed by atoms with Gasteiger partial charge in [-0.15, -0.1) is 0 Å². The van der Waals surface area contributed by atoms with Gasteiger partial charge in [0.1, 0.15) is 0 Å². The standard InChI is InChI=1S/C15H19N3/c16-8-7-15(5-6-15)11-18-9-1-2-12-10-13(17)3-4-14(12)18/h3-4,10H,1-2,5-7,9,11,17H2. The van der Waals surface area contributed by atoms with Gasteiger partial charge in [-0.25, -0.2) is 0 Å². The zero-order chi connectivity index (χ0) is 12.6. The molecule has 2 N–H and O–H groups in total. The van der Waals surface area contributed by atoms with E-state index in [0.717, 1.165) is 25.2 Å². The molecule has 1 aromatic carbocycles. The molecule has 1 aliphatic carbocycles. The third-order valence-corrected chi connectivity index (χ3v) is 4.26. The molecule has 0 saturated heterocycles. The highest BCUT2D eigenvalue weighted by atomic mass is 15.1. The minimum Gasteiger partial charge on any atom is -0.399 e. The van der Waals surface area contributed by atoms with E-state index in [4.69, 9.17) is 11.0 Å². The predicted molar refractivity (Wildman–Crippen MR) is 73.3 cm³/mol. The molecule has 0 radical (unpaired) electrons. The van der Waals surface area contributed by atoms with Crippen LogP contribution in [0.1, 0.15) is 31.2 Å². The summed E-state index contributed by atoms with van der Waals surface area (Å²) in [5.74, 6) is 0. The van der Waals surface area contributed by atoms with Crippen LogP contribution in [0.3, 0.4) is 0 Å². The van der Waals surface area contributed by atoms with Crippen molar-refractivity contribution in [1.29, 1.82) is 5.26 Å². The van der Waals surface area contributed by atoms with Crippen molar-refractivity contribution in [1.82, 2.24) is 0 Å². The highest BCUT2D eigenvalue weighted by molar-refractivity contribution is 5.61. The van der Waals surface area contributed by atoms with E-state index in [0.29, 0.717) is 6.42 Å². The van der Waals surface area contributed by atoms with Crippen LogP contribution in [0.25, 0.3) is 0 Å². The largest absolute Gasteiger partial charge is 0.399 e. The Morgan fingerprint density at radius 1 is 1.39 bits per heavy atom. The van der Waals surface area contributed by atoms with Crippen LogP contribution in [0, 0.1) is 16.7 Å². The SMILES string of the molecule is N#CCC1(CN2CCCc3cc(N)ccc32)CC1. The van der Waals surface area contributed by atoms with E-state index in [1.807, 2.05) is 6.07 Å². The molecule has 94 valence electrons. The fourth-order valence-electron chi connectivity index (χ4n) is 3.00. The molecule has 1 aromatic rings. The second kappa shape index (κ2) is 4.20. The van der Waals surface area contributed by atoms with Crippen molar-refractivity contribution >= 4 is 11.4 Å². The quantitative estimate of drug-likeness (QED) is 0.828. The zero-order valence-electron chi connectivity index (χ0n) is 10.7. The van der Waals surface area contributed by atoms with Gasteiger partial charge in [-0.05, 0) is 49.4 Å². The monoisotopic (exact) mass is 241 g/mol. The molecule has 1 fully saturated rings. The highest BCUT2D eigenvalue weighted by Gasteiger charge is 2.44. The van der Waals surface area contributed by atoms with Gasteiger partial charge in [0.25, 0.3) is 0 Å². The van der Waals surface area contributed by atoms with E-state index in [1.54, 1.807) is 0 Å². The molecule has 3 rings (SSSR count). The van der Waals surface area contributed by atoms with Crippen molar-refractivity contribution in [3.8, 4) is 6.07 Å². The summed E-state index contributed by atoms with van der Waals surface area (Å²) in [6, 6.07) is 8.58. The third kappa shape index (κ3) is 2.03. The first-order valence-electron chi connectivity index (χ1n) is 6.73. The summed E-state index contributed by atoms with van der Waals surface area (Å²) in [4.78, 5) is 2.46. The van der Waals surface area contributed by atoms with Crippen molar-refractivity contribution < 1.29 is 0 Å². The molecule has 1 aliphatic heterocycles. The highest BCUT2D eigenvalue weighted by Crippen LogP contribution is 2.50. The Balaban J connectivity index is 1.82. The van der Waals surface area contributed by atoms with Crippen molar-refractivity contribution in [3.63, 3.8) is 0 Å². The fourth-order valence-corrected chi connectivity index (χ4v) is 3.00. The zero-order valence-corrected chi connectivity index (χ0v) is 10.7. The topological polar surface area (TPSA) is 53.0 Å². The summed E-state index contributed by atoms with van der Waals surface area (Å²) >= 11 is 0. The molecule has 1 heterocycles. The number of nitriles is 1. The van der Waals surface area contributed by atoms with Gasteiger partial charge >= 0.3 is 0 Å². The van der Waals surface area contributed by atoms with Crippen LogP contribution in [0.4, 0.5) is 11.4 Å². The number of nitrogens with two attached hydrogens (primary N) is 1. The molecule has 3 heteroatoms. The van der Waals surface area contributed by atoms with Crippen LogP contribution in [0.15, 0.2) is 18.2 Å². The summed E-state index contributed by atoms with van der Waals surface area (Å²) < 4.78 is 0. The molecule has 0 aromatic heterocycles. The van der Waals surface area contributed by atoms with Gasteiger partial charge in [0.2, 0.25) is 0 Å². The maximum Gasteiger partial charge on any atom is 0.0628 e. The molecule has 1 saturated carbocycles. The third-order valence-electron chi connectivity index (χ3n) is 4.26. The summed E-state index contributed by atoms with van der Waals surface area (Å²) in [6.07, 6.45) is 5.44. The maximum absolute atomic E-state index is 8.92. The van der Waals surface area contributed by atoms with Crippen molar-refractivity contribution in [3.05, 3.63) is 23.8 Å². The van der Waals surface area contributed by atoms with Gasteiger partial charge in [0, 0.05) is 36.3 Å². The Bertz CT molecular complexity index is 497. The average molecular weight is 241 g/mol. The molecular formula is C15H19N3. The maximum atomic E-state index is 8.92. The van der Waals surface area contributed by atoms with Crippen molar-refractivity contribution in [2.24, 2.45) is 5.41 Å². The number of nitrogen functional groups attached to an aromatic ring is 1. The summed E-state index contributed by atoms with van der Waals surface area (Å²) in [5, 5.41) is 8.92. The number of anilines is 2. The van der Waals surface area contributed by atoms with Crippen molar-refractivity contribution in [2.75, 3.05) is 23.7 Å². The van der Waals surface area contributed by atoms with Gasteiger partial charge < -0.3 is 10.6 Å². The lowest BCUT2D eigenvalue weighted by molar-refractivity contribution is 0.498. The Kier molecular flexibility index (Phi) is 2.66. The number of rotatable bonds is 3. The molecule has 0 bridgehead atoms. The number of fused-ring (bicyclic) bond motifs is 1. The lowest BCUT2D eigenvalue weighted by atomic mass is 9.97. The molecule has 18 heavy (non-hydrogen) atoms. The van der Waals surface area contributed by atoms with Crippen LogP contribution in [0.5, 0.6) is 0 Å². The number of nitrogens with zero attached hydrogens (tertiary/aromatic N) is 2. The van der Waals surface area contributed by atoms with E-state index >= 15 is 0 Å². The van der Waals surface area contributed by atoms with Crippen LogP contribution >= 0.6 is 0 Å². The van der Waals surface area contributed by atoms with E-state index < -0.39 is 0 Å². The second-order valence-electron chi connectivity index (χ2n) is 5.75. The molecule has 3 nitrogen and oxygen atoms in total. The molecule has 2 aliphatic rings. The number of aryl methyl sites for hydroxylation is 1. The van der Waals surface area contributed by atoms with Crippen LogP contribution < -0.4 is 10.6 Å². The van der Waals surface area contributed by atoms with Gasteiger partial charge in [-0.2, -0.15) is 5.26 Å². The lowest BCUT2D eigenvalue weighted by Crippen LogP contribution is -2.34. The van der Waals surface area contributed by atoms with Crippen LogP contribution in [-0.4, -0.2) is 13.1 Å². The minimum atomic E-state index is 0.282. The van der Waals surface area contributed by atoms with E-state index in [9.17, 15) is 0 Å². The summed E-state index contributed by atoms with van der Waals surface area (Å²) in [6.45, 7) is 2.15.